The fourth-order valence-electron chi connectivity index (χ4n) is 3.66. The normalized spacial score (nSPS) is 16.1. The van der Waals surface area contributed by atoms with Gasteiger partial charge in [0, 0.05) is 5.69 Å². The smallest absolute Gasteiger partial charge is 0.353 e. The minimum absolute atomic E-state index is 0.429. The van der Waals surface area contributed by atoms with Crippen molar-refractivity contribution < 1.29 is 13.2 Å². The highest BCUT2D eigenvalue weighted by Crippen LogP contribution is 2.40. The monoisotopic (exact) mass is 392 g/mol. The van der Waals surface area contributed by atoms with Crippen molar-refractivity contribution >= 4 is 23.0 Å². The van der Waals surface area contributed by atoms with Crippen molar-refractivity contribution in [3.05, 3.63) is 65.2 Å². The molecule has 0 radical (unpaired) electrons. The first-order valence-corrected chi connectivity index (χ1v) is 9.59. The molecule has 0 spiro atoms. The molecule has 1 aliphatic carbocycles. The minimum Gasteiger partial charge on any atom is -0.353 e. The Kier molecular flexibility index (Phi) is 5.75. The summed E-state index contributed by atoms with van der Waals surface area (Å²) in [4.78, 5) is 0. The van der Waals surface area contributed by atoms with E-state index >= 15 is 0 Å². The predicted molar refractivity (Wildman–Crippen MR) is 107 cm³/mol. The molecule has 3 rings (SSSR count). The summed E-state index contributed by atoms with van der Waals surface area (Å²) >= 11 is 5.47. The van der Waals surface area contributed by atoms with Gasteiger partial charge in [-0.15, -0.1) is 0 Å². The molecule has 1 fully saturated rings. The van der Waals surface area contributed by atoms with E-state index in [-0.39, 0.29) is 0 Å². The molecule has 0 atom stereocenters. The molecule has 0 unspecified atom stereocenters. The Morgan fingerprint density at radius 1 is 1.07 bits per heavy atom. The molecule has 1 aliphatic rings. The van der Waals surface area contributed by atoms with Gasteiger partial charge in [0.25, 0.3) is 0 Å². The minimum atomic E-state index is -4.35. The van der Waals surface area contributed by atoms with E-state index in [9.17, 15) is 13.2 Å². The van der Waals surface area contributed by atoms with Gasteiger partial charge < -0.3 is 10.6 Å². The lowest BCUT2D eigenvalue weighted by atomic mass is 9.87. The largest absolute Gasteiger partial charge is 0.416 e. The van der Waals surface area contributed by atoms with Gasteiger partial charge in [0.1, 0.15) is 0 Å². The number of hydrogen-bond acceptors (Lipinski definition) is 1. The van der Waals surface area contributed by atoms with Crippen LogP contribution in [0.15, 0.2) is 48.5 Å². The number of aryl methyl sites for hydroxylation is 1. The summed E-state index contributed by atoms with van der Waals surface area (Å²) in [6.07, 6.45) is 0.0289. The Balaban J connectivity index is 1.79. The molecule has 2 aromatic carbocycles. The summed E-state index contributed by atoms with van der Waals surface area (Å²) in [7, 11) is 0. The molecule has 0 amide bonds. The summed E-state index contributed by atoms with van der Waals surface area (Å²) in [5.41, 5.74) is 1.55. The first-order valence-electron chi connectivity index (χ1n) is 9.18. The van der Waals surface area contributed by atoms with Gasteiger partial charge in [0.2, 0.25) is 0 Å². The number of anilines is 1. The number of thiocarbonyl (C=S) groups is 1. The molecule has 2 nitrogen and oxygen atoms in total. The van der Waals surface area contributed by atoms with Crippen molar-refractivity contribution in [3.63, 3.8) is 0 Å². The second kappa shape index (κ2) is 7.89. The molecule has 144 valence electrons. The topological polar surface area (TPSA) is 24.1 Å². The first kappa shape index (κ1) is 19.7. The van der Waals surface area contributed by atoms with Crippen molar-refractivity contribution in [1.82, 2.24) is 5.32 Å². The van der Waals surface area contributed by atoms with Crippen molar-refractivity contribution in [2.24, 2.45) is 0 Å². The number of rotatable bonds is 4. The average molecular weight is 392 g/mol. The van der Waals surface area contributed by atoms with Crippen LogP contribution in [0.4, 0.5) is 18.9 Å². The second-order valence-corrected chi connectivity index (χ2v) is 7.41. The third-order valence-electron chi connectivity index (χ3n) is 5.17. The fraction of sp³-hybridized carbons (Fsp3) is 0.381. The van der Waals surface area contributed by atoms with Gasteiger partial charge in [0.15, 0.2) is 5.11 Å². The SMILES string of the molecule is CCc1ccc(NC(=S)NC2(c3cccc(C(F)(F)F)c3)CCCC2)cc1. The average Bonchev–Trinajstić information content (AvgIpc) is 3.11. The predicted octanol–water partition coefficient (Wildman–Crippen LogP) is 6.02. The summed E-state index contributed by atoms with van der Waals surface area (Å²) in [6.45, 7) is 2.09. The van der Waals surface area contributed by atoms with E-state index in [1.54, 1.807) is 6.07 Å². The molecule has 6 heteroatoms. The molecule has 0 aromatic heterocycles. The highest BCUT2D eigenvalue weighted by atomic mass is 32.1. The number of alkyl halides is 3. The molecule has 27 heavy (non-hydrogen) atoms. The molecule has 0 bridgehead atoms. The number of hydrogen-bond donors (Lipinski definition) is 2. The van der Waals surface area contributed by atoms with Gasteiger partial charge in [-0.2, -0.15) is 13.2 Å². The Hall–Kier alpha value is -2.08. The Morgan fingerprint density at radius 2 is 1.74 bits per heavy atom. The molecule has 2 N–H and O–H groups in total. The highest BCUT2D eigenvalue weighted by molar-refractivity contribution is 7.80. The molecular formula is C21H23F3N2S. The zero-order valence-corrected chi connectivity index (χ0v) is 16.0. The number of benzene rings is 2. The highest BCUT2D eigenvalue weighted by Gasteiger charge is 2.38. The van der Waals surface area contributed by atoms with Crippen LogP contribution < -0.4 is 10.6 Å². The maximum absolute atomic E-state index is 13.1. The lowest BCUT2D eigenvalue weighted by molar-refractivity contribution is -0.137. The van der Waals surface area contributed by atoms with E-state index < -0.39 is 17.3 Å². The fourth-order valence-corrected chi connectivity index (χ4v) is 3.97. The Bertz CT molecular complexity index is 794. The molecule has 0 heterocycles. The molecule has 2 aromatic rings. The summed E-state index contributed by atoms with van der Waals surface area (Å²) in [5.74, 6) is 0. The summed E-state index contributed by atoms with van der Waals surface area (Å²) in [6, 6.07) is 13.6. The maximum Gasteiger partial charge on any atom is 0.416 e. The van der Waals surface area contributed by atoms with Crippen LogP contribution in [0.3, 0.4) is 0 Å². The van der Waals surface area contributed by atoms with Gasteiger partial charge in [-0.3, -0.25) is 0 Å². The third-order valence-corrected chi connectivity index (χ3v) is 5.38. The molecule has 0 aliphatic heterocycles. The molecule has 0 saturated heterocycles. The van der Waals surface area contributed by atoms with Gasteiger partial charge >= 0.3 is 6.18 Å². The van der Waals surface area contributed by atoms with Crippen molar-refractivity contribution in [1.29, 1.82) is 0 Å². The van der Waals surface area contributed by atoms with Crippen LogP contribution in [0.5, 0.6) is 0 Å². The van der Waals surface area contributed by atoms with Crippen LogP contribution in [-0.2, 0) is 18.1 Å². The summed E-state index contributed by atoms with van der Waals surface area (Å²) < 4.78 is 39.4. The maximum atomic E-state index is 13.1. The lowest BCUT2D eigenvalue weighted by Gasteiger charge is -2.33. The van der Waals surface area contributed by atoms with E-state index in [2.05, 4.69) is 17.6 Å². The summed E-state index contributed by atoms with van der Waals surface area (Å²) in [5, 5.41) is 6.90. The van der Waals surface area contributed by atoms with Gasteiger partial charge in [-0.05, 0) is 66.9 Å². The zero-order chi connectivity index (χ0) is 19.5. The van der Waals surface area contributed by atoms with Crippen LogP contribution in [0.2, 0.25) is 0 Å². The zero-order valence-electron chi connectivity index (χ0n) is 15.2. The van der Waals surface area contributed by atoms with Crippen LogP contribution in [0, 0.1) is 0 Å². The van der Waals surface area contributed by atoms with Gasteiger partial charge in [-0.1, -0.05) is 44.0 Å². The molecular weight excluding hydrogens is 369 g/mol. The molecule has 1 saturated carbocycles. The number of halogens is 3. The standard InChI is InChI=1S/C21H23F3N2S/c1-2-15-8-10-18(11-9-15)25-19(27)26-20(12-3-4-13-20)16-6-5-7-17(14-16)21(22,23)24/h5-11,14H,2-4,12-13H2,1H3,(H2,25,26,27). The van der Waals surface area contributed by atoms with E-state index in [0.717, 1.165) is 43.9 Å². The Labute approximate surface area is 163 Å². The van der Waals surface area contributed by atoms with Crippen molar-refractivity contribution in [2.45, 2.75) is 50.7 Å². The van der Waals surface area contributed by atoms with Crippen molar-refractivity contribution in [2.75, 3.05) is 5.32 Å². The van der Waals surface area contributed by atoms with Crippen LogP contribution in [0.1, 0.15) is 49.3 Å². The van der Waals surface area contributed by atoms with Crippen LogP contribution in [-0.4, -0.2) is 5.11 Å². The third kappa shape index (κ3) is 4.61. The lowest BCUT2D eigenvalue weighted by Crippen LogP contribution is -2.45. The van der Waals surface area contributed by atoms with Gasteiger partial charge in [0.05, 0.1) is 11.1 Å². The van der Waals surface area contributed by atoms with E-state index in [4.69, 9.17) is 12.2 Å². The quantitative estimate of drug-likeness (QED) is 0.622. The second-order valence-electron chi connectivity index (χ2n) is 7.00. The van der Waals surface area contributed by atoms with Crippen LogP contribution in [0.25, 0.3) is 0 Å². The van der Waals surface area contributed by atoms with Crippen LogP contribution >= 0.6 is 12.2 Å². The Morgan fingerprint density at radius 3 is 2.33 bits per heavy atom. The van der Waals surface area contributed by atoms with Gasteiger partial charge in [-0.25, -0.2) is 0 Å². The van der Waals surface area contributed by atoms with E-state index in [1.807, 2.05) is 24.3 Å². The van der Waals surface area contributed by atoms with E-state index in [1.165, 1.54) is 17.7 Å². The van der Waals surface area contributed by atoms with Crippen molar-refractivity contribution in [3.8, 4) is 0 Å². The van der Waals surface area contributed by atoms with E-state index in [0.29, 0.717) is 10.7 Å². The first-order chi connectivity index (χ1) is 12.8. The number of nitrogens with one attached hydrogen (secondary N) is 2.